The zero-order valence-electron chi connectivity index (χ0n) is 23.2. The molecule has 0 amide bonds. The van der Waals surface area contributed by atoms with Gasteiger partial charge in [0, 0.05) is 36.3 Å². The van der Waals surface area contributed by atoms with Crippen molar-refractivity contribution >= 4 is 75.0 Å². The van der Waals surface area contributed by atoms with Crippen LogP contribution in [0.3, 0.4) is 0 Å². The van der Waals surface area contributed by atoms with Crippen molar-refractivity contribution in [3.63, 3.8) is 0 Å². The van der Waals surface area contributed by atoms with E-state index in [9.17, 15) is 10.5 Å². The van der Waals surface area contributed by atoms with Crippen LogP contribution in [0, 0.1) is 22.7 Å². The van der Waals surface area contributed by atoms with Gasteiger partial charge in [0.25, 0.3) is 0 Å². The van der Waals surface area contributed by atoms with Crippen LogP contribution in [0.4, 0.5) is 0 Å². The standard InChI is InChI=1S/C39H20N4S/c40-21-31-27-9-3-5-11-33(27)42-39(32(31)22-41)43-34-12-6-4-10-28(34)29-19-24(13-16-35(29)43)25-15-17-36-30(20-25)38-26-8-2-1-7-23(26)14-18-37(38)44-36/h1-20H. The van der Waals surface area contributed by atoms with Crippen LogP contribution in [0.15, 0.2) is 121 Å². The van der Waals surface area contributed by atoms with Crippen LogP contribution in [-0.4, -0.2) is 9.55 Å². The van der Waals surface area contributed by atoms with E-state index >= 15 is 0 Å². The molecule has 0 saturated heterocycles. The molecule has 0 N–H and O–H groups in total. The number of fused-ring (bicyclic) bond motifs is 9. The SMILES string of the molecule is N#Cc1c(-n2c3ccccc3c3cc(-c4ccc5sc6ccc7ccccc7c6c5c4)ccc32)nc2ccccc2c1C#N. The Hall–Kier alpha value is -6.01. The second kappa shape index (κ2) is 9.24. The average molecular weight is 577 g/mol. The molecule has 0 spiro atoms. The fourth-order valence-corrected chi connectivity index (χ4v) is 7.79. The molecule has 9 rings (SSSR count). The van der Waals surface area contributed by atoms with Crippen molar-refractivity contribution in [2.45, 2.75) is 0 Å². The third-order valence-electron chi connectivity index (χ3n) is 8.67. The number of hydrogen-bond acceptors (Lipinski definition) is 4. The number of rotatable bonds is 2. The van der Waals surface area contributed by atoms with E-state index in [1.54, 1.807) is 0 Å². The maximum atomic E-state index is 10.3. The van der Waals surface area contributed by atoms with Gasteiger partial charge in [-0.05, 0) is 64.4 Å². The van der Waals surface area contributed by atoms with E-state index in [0.29, 0.717) is 22.3 Å². The third kappa shape index (κ3) is 3.39. The highest BCUT2D eigenvalue weighted by atomic mass is 32.1. The zero-order valence-corrected chi connectivity index (χ0v) is 24.1. The lowest BCUT2D eigenvalue weighted by molar-refractivity contribution is 1.09. The Balaban J connectivity index is 1.31. The summed E-state index contributed by atoms with van der Waals surface area (Å²) in [6.45, 7) is 0. The molecule has 3 aromatic heterocycles. The first-order valence-electron chi connectivity index (χ1n) is 14.3. The van der Waals surface area contributed by atoms with E-state index in [2.05, 4.69) is 91.0 Å². The van der Waals surface area contributed by atoms with Crippen molar-refractivity contribution in [2.24, 2.45) is 0 Å². The van der Waals surface area contributed by atoms with Crippen LogP contribution in [0.1, 0.15) is 11.1 Å². The molecule has 3 heterocycles. The number of aromatic nitrogens is 2. The Morgan fingerprint density at radius 3 is 2.05 bits per heavy atom. The van der Waals surface area contributed by atoms with Gasteiger partial charge in [-0.1, -0.05) is 78.9 Å². The van der Waals surface area contributed by atoms with Crippen LogP contribution >= 0.6 is 11.3 Å². The van der Waals surface area contributed by atoms with Gasteiger partial charge in [0.2, 0.25) is 0 Å². The molecule has 0 radical (unpaired) electrons. The minimum Gasteiger partial charge on any atom is -0.293 e. The van der Waals surface area contributed by atoms with Gasteiger partial charge >= 0.3 is 0 Å². The van der Waals surface area contributed by atoms with E-state index in [1.807, 2.05) is 58.4 Å². The topological polar surface area (TPSA) is 65.4 Å². The molecular weight excluding hydrogens is 557 g/mol. The monoisotopic (exact) mass is 576 g/mol. The highest BCUT2D eigenvalue weighted by Crippen LogP contribution is 2.41. The third-order valence-corrected chi connectivity index (χ3v) is 9.81. The Kier molecular flexibility index (Phi) is 5.16. The number of benzene rings is 6. The highest BCUT2D eigenvalue weighted by Gasteiger charge is 2.21. The molecule has 0 unspecified atom stereocenters. The number of nitrogens with zero attached hydrogens (tertiary/aromatic N) is 4. The summed E-state index contributed by atoms with van der Waals surface area (Å²) >= 11 is 1.83. The summed E-state index contributed by atoms with van der Waals surface area (Å²) in [4.78, 5) is 4.95. The van der Waals surface area contributed by atoms with Gasteiger partial charge < -0.3 is 0 Å². The lowest BCUT2D eigenvalue weighted by Gasteiger charge is -2.12. The maximum absolute atomic E-state index is 10.3. The maximum Gasteiger partial charge on any atom is 0.157 e. The summed E-state index contributed by atoms with van der Waals surface area (Å²) in [6.07, 6.45) is 0. The number of pyridine rings is 1. The van der Waals surface area contributed by atoms with Gasteiger partial charge in [0.15, 0.2) is 5.82 Å². The number of thiophene rings is 1. The van der Waals surface area contributed by atoms with Crippen molar-refractivity contribution in [1.29, 1.82) is 10.5 Å². The number of nitriles is 2. The minimum atomic E-state index is 0.278. The van der Waals surface area contributed by atoms with Crippen molar-refractivity contribution in [3.05, 3.63) is 132 Å². The Labute approximate surface area is 255 Å². The van der Waals surface area contributed by atoms with Crippen molar-refractivity contribution < 1.29 is 0 Å². The van der Waals surface area contributed by atoms with E-state index in [0.717, 1.165) is 32.9 Å². The summed E-state index contributed by atoms with van der Waals surface area (Å²) in [5.74, 6) is 0.472. The predicted octanol–water partition coefficient (Wildman–Crippen LogP) is 10.3. The fourth-order valence-electron chi connectivity index (χ4n) is 6.69. The Morgan fingerprint density at radius 2 is 1.20 bits per heavy atom. The fraction of sp³-hybridized carbons (Fsp3) is 0. The highest BCUT2D eigenvalue weighted by molar-refractivity contribution is 7.26. The molecule has 5 heteroatoms. The van der Waals surface area contributed by atoms with Gasteiger partial charge in [-0.15, -0.1) is 11.3 Å². The molecule has 44 heavy (non-hydrogen) atoms. The van der Waals surface area contributed by atoms with Gasteiger partial charge in [-0.25, -0.2) is 4.98 Å². The minimum absolute atomic E-state index is 0.278. The van der Waals surface area contributed by atoms with Gasteiger partial charge in [-0.2, -0.15) is 10.5 Å². The zero-order chi connectivity index (χ0) is 29.4. The van der Waals surface area contributed by atoms with Crippen LogP contribution in [-0.2, 0) is 0 Å². The first kappa shape index (κ1) is 24.6. The molecular formula is C39H20N4S. The molecule has 4 nitrogen and oxygen atoms in total. The van der Waals surface area contributed by atoms with E-state index in [1.165, 1.54) is 30.9 Å². The van der Waals surface area contributed by atoms with Crippen molar-refractivity contribution in [2.75, 3.05) is 0 Å². The summed E-state index contributed by atoms with van der Waals surface area (Å²) < 4.78 is 4.60. The normalized spacial score (nSPS) is 11.6. The molecule has 0 aliphatic carbocycles. The molecule has 202 valence electrons. The molecule has 0 aliphatic heterocycles. The van der Waals surface area contributed by atoms with Gasteiger partial charge in [-0.3, -0.25) is 4.57 Å². The van der Waals surface area contributed by atoms with Crippen LogP contribution in [0.5, 0.6) is 0 Å². The van der Waals surface area contributed by atoms with E-state index < -0.39 is 0 Å². The number of para-hydroxylation sites is 2. The van der Waals surface area contributed by atoms with Crippen LogP contribution in [0.25, 0.3) is 80.6 Å². The summed E-state index contributed by atoms with van der Waals surface area (Å²) in [6, 6.07) is 46.6. The van der Waals surface area contributed by atoms with Crippen molar-refractivity contribution in [3.8, 4) is 29.1 Å². The summed E-state index contributed by atoms with van der Waals surface area (Å²) in [7, 11) is 0. The molecule has 0 saturated carbocycles. The Bertz CT molecular complexity index is 2750. The first-order chi connectivity index (χ1) is 21.7. The average Bonchev–Trinajstić information content (AvgIpc) is 3.62. The lowest BCUT2D eigenvalue weighted by Crippen LogP contribution is -2.04. The molecule has 0 bridgehead atoms. The van der Waals surface area contributed by atoms with Gasteiger partial charge in [0.05, 0.1) is 22.1 Å². The van der Waals surface area contributed by atoms with Crippen LogP contribution in [0.2, 0.25) is 0 Å². The molecule has 6 aromatic carbocycles. The van der Waals surface area contributed by atoms with E-state index in [4.69, 9.17) is 4.98 Å². The molecule has 0 atom stereocenters. The first-order valence-corrected chi connectivity index (χ1v) is 15.2. The quantitative estimate of drug-likeness (QED) is 0.206. The van der Waals surface area contributed by atoms with Crippen LogP contribution < -0.4 is 0 Å². The summed E-state index contributed by atoms with van der Waals surface area (Å²) in [5.41, 5.74) is 5.45. The second-order valence-electron chi connectivity index (χ2n) is 11.0. The van der Waals surface area contributed by atoms with E-state index in [-0.39, 0.29) is 5.56 Å². The molecule has 0 fully saturated rings. The van der Waals surface area contributed by atoms with Gasteiger partial charge in [0.1, 0.15) is 17.7 Å². The lowest BCUT2D eigenvalue weighted by atomic mass is 9.99. The largest absolute Gasteiger partial charge is 0.293 e. The second-order valence-corrected chi connectivity index (χ2v) is 12.1. The molecule has 9 aromatic rings. The number of hydrogen-bond donors (Lipinski definition) is 0. The summed E-state index contributed by atoms with van der Waals surface area (Å²) in [5, 5.41) is 28.3. The Morgan fingerprint density at radius 1 is 0.545 bits per heavy atom. The van der Waals surface area contributed by atoms with Crippen molar-refractivity contribution in [1.82, 2.24) is 9.55 Å². The molecule has 0 aliphatic rings. The predicted molar refractivity (Wildman–Crippen MR) is 181 cm³/mol. The smallest absolute Gasteiger partial charge is 0.157 e.